The molecule has 0 unspecified atom stereocenters. The van der Waals surface area contributed by atoms with Crippen LogP contribution in [0.4, 0.5) is 11.4 Å². The first-order valence-corrected chi connectivity index (χ1v) is 11.8. The Labute approximate surface area is 205 Å². The highest BCUT2D eigenvalue weighted by Gasteiger charge is 2.39. The fourth-order valence-corrected chi connectivity index (χ4v) is 5.04. The predicted octanol–water partition coefficient (Wildman–Crippen LogP) is 7.62. The summed E-state index contributed by atoms with van der Waals surface area (Å²) in [6, 6.07) is 48.7. The second-order valence-corrected chi connectivity index (χ2v) is 8.59. The summed E-state index contributed by atoms with van der Waals surface area (Å²) in [6.45, 7) is 0. The van der Waals surface area contributed by atoms with Gasteiger partial charge in [0.05, 0.1) is 17.5 Å². The molecule has 5 aromatic carbocycles. The van der Waals surface area contributed by atoms with Crippen molar-refractivity contribution in [3.8, 4) is 0 Å². The number of aromatic nitrogens is 2. The summed E-state index contributed by atoms with van der Waals surface area (Å²) in [7, 11) is 0. The van der Waals surface area contributed by atoms with Gasteiger partial charge in [-0.05, 0) is 41.0 Å². The smallest absolute Gasteiger partial charge is 0.122 e. The molecule has 3 nitrogen and oxygen atoms in total. The summed E-state index contributed by atoms with van der Waals surface area (Å²) < 4.78 is 2.32. The van der Waals surface area contributed by atoms with Gasteiger partial charge in [-0.1, -0.05) is 115 Å². The molecule has 0 saturated heterocycles. The van der Waals surface area contributed by atoms with Gasteiger partial charge in [-0.15, -0.1) is 0 Å². The Kier molecular flexibility index (Phi) is 5.36. The summed E-state index contributed by atoms with van der Waals surface area (Å²) in [5, 5.41) is 3.56. The van der Waals surface area contributed by atoms with Crippen molar-refractivity contribution in [3.05, 3.63) is 163 Å². The Balaban J connectivity index is 1.66. The minimum absolute atomic E-state index is 0.593. The molecule has 6 aromatic rings. The molecule has 0 aliphatic carbocycles. The van der Waals surface area contributed by atoms with Gasteiger partial charge in [-0.25, -0.2) is 4.98 Å². The van der Waals surface area contributed by atoms with E-state index < -0.39 is 5.54 Å². The average molecular weight is 452 g/mol. The Morgan fingerprint density at radius 3 is 1.51 bits per heavy atom. The number of fused-ring (bicyclic) bond motifs is 1. The van der Waals surface area contributed by atoms with Crippen molar-refractivity contribution in [2.24, 2.45) is 0 Å². The van der Waals surface area contributed by atoms with Crippen LogP contribution in [-0.2, 0) is 5.54 Å². The molecule has 0 spiro atoms. The van der Waals surface area contributed by atoms with E-state index in [1.807, 2.05) is 24.5 Å². The van der Waals surface area contributed by atoms with Crippen molar-refractivity contribution in [2.45, 2.75) is 5.54 Å². The normalized spacial score (nSPS) is 11.4. The lowest BCUT2D eigenvalue weighted by Gasteiger charge is -2.38. The van der Waals surface area contributed by atoms with E-state index in [1.165, 1.54) is 16.7 Å². The summed E-state index contributed by atoms with van der Waals surface area (Å²) in [5.41, 5.74) is 6.95. The van der Waals surface area contributed by atoms with Crippen molar-refractivity contribution in [1.82, 2.24) is 9.55 Å². The van der Waals surface area contributed by atoms with Gasteiger partial charge >= 0.3 is 0 Å². The molecule has 168 valence electrons. The third-order valence-electron chi connectivity index (χ3n) is 6.57. The fraction of sp³-hybridized carbons (Fsp3) is 0.0312. The molecule has 0 amide bonds. The van der Waals surface area contributed by atoms with Crippen LogP contribution in [0, 0.1) is 0 Å². The minimum Gasteiger partial charge on any atom is -0.354 e. The average Bonchev–Trinajstić information content (AvgIpc) is 3.37. The quantitative estimate of drug-likeness (QED) is 0.264. The minimum atomic E-state index is -0.593. The number of nitrogens with zero attached hydrogens (tertiary/aromatic N) is 2. The van der Waals surface area contributed by atoms with Crippen LogP contribution in [0.2, 0.25) is 0 Å². The van der Waals surface area contributed by atoms with Crippen molar-refractivity contribution in [2.75, 3.05) is 5.32 Å². The van der Waals surface area contributed by atoms with Crippen molar-refractivity contribution < 1.29 is 0 Å². The van der Waals surface area contributed by atoms with Crippen molar-refractivity contribution in [3.63, 3.8) is 0 Å². The molecule has 0 radical (unpaired) electrons. The maximum absolute atomic E-state index is 4.96. The van der Waals surface area contributed by atoms with Crippen LogP contribution in [0.5, 0.6) is 0 Å². The summed E-state index contributed by atoms with van der Waals surface area (Å²) >= 11 is 0. The van der Waals surface area contributed by atoms with Gasteiger partial charge in [0.2, 0.25) is 0 Å². The number of hydrogen-bond donors (Lipinski definition) is 1. The van der Waals surface area contributed by atoms with E-state index in [1.54, 1.807) is 0 Å². The second-order valence-electron chi connectivity index (χ2n) is 8.59. The zero-order chi connectivity index (χ0) is 23.5. The largest absolute Gasteiger partial charge is 0.354 e. The van der Waals surface area contributed by atoms with E-state index >= 15 is 0 Å². The molecule has 1 heterocycles. The third-order valence-corrected chi connectivity index (χ3v) is 6.57. The lowest BCUT2D eigenvalue weighted by molar-refractivity contribution is 0.529. The first-order valence-electron chi connectivity index (χ1n) is 11.8. The summed E-state index contributed by atoms with van der Waals surface area (Å²) in [6.07, 6.45) is 1.98. The van der Waals surface area contributed by atoms with Gasteiger partial charge in [0.15, 0.2) is 0 Å². The van der Waals surface area contributed by atoms with E-state index in [-0.39, 0.29) is 0 Å². The van der Waals surface area contributed by atoms with Gasteiger partial charge in [0.1, 0.15) is 11.1 Å². The number of hydrogen-bond acceptors (Lipinski definition) is 2. The van der Waals surface area contributed by atoms with Crippen LogP contribution < -0.4 is 5.32 Å². The molecule has 0 saturated carbocycles. The van der Waals surface area contributed by atoms with Crippen LogP contribution >= 0.6 is 0 Å². The molecule has 6 rings (SSSR count). The van der Waals surface area contributed by atoms with Crippen LogP contribution in [0.3, 0.4) is 0 Å². The monoisotopic (exact) mass is 451 g/mol. The SMILES string of the molecule is c1ccc(Nc2cccc3c2ncn3C(c2ccccc2)(c2ccccc2)c2ccccc2)cc1. The highest BCUT2D eigenvalue weighted by molar-refractivity contribution is 5.91. The zero-order valence-electron chi connectivity index (χ0n) is 19.3. The van der Waals surface area contributed by atoms with Crippen molar-refractivity contribution in [1.29, 1.82) is 0 Å². The van der Waals surface area contributed by atoms with E-state index in [0.717, 1.165) is 22.4 Å². The first kappa shape index (κ1) is 20.9. The number of benzene rings is 5. The summed E-state index contributed by atoms with van der Waals surface area (Å²) in [4.78, 5) is 4.96. The molecule has 0 atom stereocenters. The van der Waals surface area contributed by atoms with Crippen LogP contribution in [0.25, 0.3) is 11.0 Å². The highest BCUT2D eigenvalue weighted by Crippen LogP contribution is 2.43. The second kappa shape index (κ2) is 8.96. The molecule has 1 aromatic heterocycles. The standard InChI is InChI=1S/C32H25N3/c1-5-14-25(15-6-1)32(26-16-7-2-8-17-26,27-18-9-3-10-19-27)35-24-33-31-29(22-13-23-30(31)35)34-28-20-11-4-12-21-28/h1-24,34H. The Bertz CT molecular complexity index is 1440. The molecule has 0 bridgehead atoms. The number of para-hydroxylation sites is 2. The van der Waals surface area contributed by atoms with E-state index in [9.17, 15) is 0 Å². The van der Waals surface area contributed by atoms with E-state index in [4.69, 9.17) is 4.98 Å². The molecule has 1 N–H and O–H groups in total. The third kappa shape index (κ3) is 3.58. The van der Waals surface area contributed by atoms with E-state index in [0.29, 0.717) is 0 Å². The molecule has 35 heavy (non-hydrogen) atoms. The number of nitrogens with one attached hydrogen (secondary N) is 1. The lowest BCUT2D eigenvalue weighted by atomic mass is 9.76. The Hall–Kier alpha value is -4.63. The number of rotatable bonds is 6. The molecule has 0 fully saturated rings. The maximum atomic E-state index is 4.96. The number of anilines is 2. The fourth-order valence-electron chi connectivity index (χ4n) is 5.04. The molecule has 0 aliphatic rings. The molecular formula is C32H25N3. The Morgan fingerprint density at radius 1 is 0.514 bits per heavy atom. The van der Waals surface area contributed by atoms with Gasteiger partial charge in [-0.2, -0.15) is 0 Å². The van der Waals surface area contributed by atoms with Gasteiger partial charge in [0.25, 0.3) is 0 Å². The topological polar surface area (TPSA) is 29.9 Å². The van der Waals surface area contributed by atoms with Crippen LogP contribution in [0.1, 0.15) is 16.7 Å². The van der Waals surface area contributed by atoms with Crippen LogP contribution in [-0.4, -0.2) is 9.55 Å². The van der Waals surface area contributed by atoms with Gasteiger partial charge in [0, 0.05) is 5.69 Å². The maximum Gasteiger partial charge on any atom is 0.122 e. The number of imidazole rings is 1. The first-order chi connectivity index (χ1) is 17.4. The summed E-state index contributed by atoms with van der Waals surface area (Å²) in [5.74, 6) is 0. The molecule has 3 heteroatoms. The molecular weight excluding hydrogens is 426 g/mol. The zero-order valence-corrected chi connectivity index (χ0v) is 19.3. The van der Waals surface area contributed by atoms with Gasteiger partial charge in [-0.3, -0.25) is 0 Å². The van der Waals surface area contributed by atoms with Crippen molar-refractivity contribution >= 4 is 22.4 Å². The van der Waals surface area contributed by atoms with Crippen LogP contribution in [0.15, 0.2) is 146 Å². The lowest BCUT2D eigenvalue weighted by Crippen LogP contribution is -2.37. The highest BCUT2D eigenvalue weighted by atomic mass is 15.1. The van der Waals surface area contributed by atoms with Gasteiger partial charge < -0.3 is 9.88 Å². The molecule has 0 aliphatic heterocycles. The Morgan fingerprint density at radius 2 is 1.00 bits per heavy atom. The van der Waals surface area contributed by atoms with E-state index in [2.05, 4.69) is 131 Å². The predicted molar refractivity (Wildman–Crippen MR) is 144 cm³/mol.